The van der Waals surface area contributed by atoms with E-state index in [0.29, 0.717) is 6.54 Å². The first kappa shape index (κ1) is 12.6. The van der Waals surface area contributed by atoms with Gasteiger partial charge in [0.1, 0.15) is 0 Å². The predicted octanol–water partition coefficient (Wildman–Crippen LogP) is 0.644. The number of carbonyl (C=O) groups is 1. The zero-order valence-electron chi connectivity index (χ0n) is 9.29. The van der Waals surface area contributed by atoms with Gasteiger partial charge in [0.15, 0.2) is 0 Å². The molecule has 0 fully saturated rings. The first-order valence-corrected chi connectivity index (χ1v) is 4.79. The summed E-state index contributed by atoms with van der Waals surface area (Å²) in [6.07, 6.45) is 5.57. The molecule has 0 unspecified atom stereocenters. The Hall–Kier alpha value is -2.44. The van der Waals surface area contributed by atoms with Crippen molar-refractivity contribution in [3.63, 3.8) is 0 Å². The van der Waals surface area contributed by atoms with Crippen LogP contribution in [0.1, 0.15) is 5.56 Å². The number of aromatic nitrogens is 2. The summed E-state index contributed by atoms with van der Waals surface area (Å²) in [5, 5.41) is 16.8. The minimum Gasteiger partial charge on any atom is -0.358 e. The van der Waals surface area contributed by atoms with Crippen LogP contribution >= 0.6 is 0 Å². The molecule has 0 radical (unpaired) electrons. The van der Waals surface area contributed by atoms with Gasteiger partial charge >= 0.3 is 5.82 Å². The fraction of sp³-hybridized carbons (Fsp3) is 0.200. The van der Waals surface area contributed by atoms with Crippen LogP contribution in [0.4, 0.5) is 5.82 Å². The number of carbonyl (C=O) groups excluding carboxylic acids is 1. The molecule has 0 aliphatic rings. The molecule has 1 aromatic heterocycles. The number of nitro groups is 1. The van der Waals surface area contributed by atoms with Gasteiger partial charge < -0.3 is 15.4 Å². The second-order valence-corrected chi connectivity index (χ2v) is 3.21. The average molecular weight is 236 g/mol. The van der Waals surface area contributed by atoms with Crippen LogP contribution in [-0.4, -0.2) is 27.2 Å². The Morgan fingerprint density at radius 1 is 1.76 bits per heavy atom. The SMILES string of the molecule is C=CCNC(=O)C=Cc1cn(C)nc1[N+](=O)[O-]. The van der Waals surface area contributed by atoms with Gasteiger partial charge in [0.05, 0.1) is 23.9 Å². The molecule has 90 valence electrons. The van der Waals surface area contributed by atoms with Gasteiger partial charge in [0.2, 0.25) is 5.91 Å². The second-order valence-electron chi connectivity index (χ2n) is 3.21. The molecule has 0 saturated carbocycles. The average Bonchev–Trinajstić information content (AvgIpc) is 2.65. The number of hydrogen-bond donors (Lipinski definition) is 1. The molecule has 17 heavy (non-hydrogen) atoms. The second kappa shape index (κ2) is 5.59. The Morgan fingerprint density at radius 3 is 3.06 bits per heavy atom. The van der Waals surface area contributed by atoms with E-state index < -0.39 is 4.92 Å². The highest BCUT2D eigenvalue weighted by Crippen LogP contribution is 2.16. The Bertz CT molecular complexity index is 476. The number of hydrogen-bond acceptors (Lipinski definition) is 4. The van der Waals surface area contributed by atoms with Crippen molar-refractivity contribution >= 4 is 17.8 Å². The largest absolute Gasteiger partial charge is 0.397 e. The lowest BCUT2D eigenvalue weighted by molar-refractivity contribution is -0.390. The number of aryl methyl sites for hydroxylation is 1. The van der Waals surface area contributed by atoms with E-state index in [2.05, 4.69) is 17.0 Å². The molecule has 1 amide bonds. The molecule has 7 heteroatoms. The Balaban J connectivity index is 2.80. The van der Waals surface area contributed by atoms with Gasteiger partial charge in [0, 0.05) is 12.6 Å². The van der Waals surface area contributed by atoms with E-state index in [0.717, 1.165) is 0 Å². The van der Waals surface area contributed by atoms with E-state index in [1.54, 1.807) is 7.05 Å². The van der Waals surface area contributed by atoms with Crippen molar-refractivity contribution in [2.75, 3.05) is 6.54 Å². The van der Waals surface area contributed by atoms with E-state index in [1.807, 2.05) is 0 Å². The maximum absolute atomic E-state index is 11.2. The Morgan fingerprint density at radius 2 is 2.47 bits per heavy atom. The maximum Gasteiger partial charge on any atom is 0.397 e. The van der Waals surface area contributed by atoms with E-state index in [9.17, 15) is 14.9 Å². The van der Waals surface area contributed by atoms with Gasteiger partial charge in [-0.15, -0.1) is 6.58 Å². The highest BCUT2D eigenvalue weighted by Gasteiger charge is 2.16. The molecule has 0 atom stereocenters. The molecule has 0 spiro atoms. The lowest BCUT2D eigenvalue weighted by atomic mass is 10.3. The Kier molecular flexibility index (Phi) is 4.15. The lowest BCUT2D eigenvalue weighted by Crippen LogP contribution is -2.20. The standard InChI is InChI=1S/C10H12N4O3/c1-3-6-11-9(15)5-4-8-7-13(2)12-10(8)14(16)17/h3-5,7H,1,6H2,2H3,(H,11,15). The van der Waals surface area contributed by atoms with Crippen molar-refractivity contribution < 1.29 is 9.72 Å². The number of rotatable bonds is 5. The van der Waals surface area contributed by atoms with Crippen molar-refractivity contribution in [3.05, 3.63) is 40.6 Å². The summed E-state index contributed by atoms with van der Waals surface area (Å²) in [5.74, 6) is -0.622. The number of amides is 1. The summed E-state index contributed by atoms with van der Waals surface area (Å²) in [6.45, 7) is 3.80. The summed E-state index contributed by atoms with van der Waals surface area (Å²) in [4.78, 5) is 21.3. The summed E-state index contributed by atoms with van der Waals surface area (Å²) < 4.78 is 1.32. The van der Waals surface area contributed by atoms with Crippen LogP contribution in [0.25, 0.3) is 6.08 Å². The molecule has 1 N–H and O–H groups in total. The van der Waals surface area contributed by atoms with Crippen LogP contribution in [0.15, 0.2) is 24.9 Å². The van der Waals surface area contributed by atoms with Crippen LogP contribution in [0.3, 0.4) is 0 Å². The van der Waals surface area contributed by atoms with Crippen molar-refractivity contribution in [3.8, 4) is 0 Å². The van der Waals surface area contributed by atoms with Gasteiger partial charge in [0.25, 0.3) is 0 Å². The highest BCUT2D eigenvalue weighted by molar-refractivity contribution is 5.92. The van der Waals surface area contributed by atoms with E-state index in [-0.39, 0.29) is 17.3 Å². The van der Waals surface area contributed by atoms with Crippen molar-refractivity contribution in [1.82, 2.24) is 15.1 Å². The fourth-order valence-electron chi connectivity index (χ4n) is 1.15. The molecule has 7 nitrogen and oxygen atoms in total. The fourth-order valence-corrected chi connectivity index (χ4v) is 1.15. The molecule has 0 bridgehead atoms. The summed E-state index contributed by atoms with van der Waals surface area (Å²) in [6, 6.07) is 0. The monoisotopic (exact) mass is 236 g/mol. The first-order chi connectivity index (χ1) is 8.04. The minimum absolute atomic E-state index is 0.278. The zero-order chi connectivity index (χ0) is 12.8. The number of nitrogens with one attached hydrogen (secondary N) is 1. The maximum atomic E-state index is 11.2. The molecule has 0 aliphatic carbocycles. The van der Waals surface area contributed by atoms with Gasteiger partial charge in [-0.05, 0) is 11.0 Å². The molecule has 0 saturated heterocycles. The quantitative estimate of drug-likeness (QED) is 0.351. The molecule has 1 heterocycles. The van der Waals surface area contributed by atoms with Crippen LogP contribution < -0.4 is 5.32 Å². The van der Waals surface area contributed by atoms with Crippen molar-refractivity contribution in [2.45, 2.75) is 0 Å². The third-order valence-electron chi connectivity index (χ3n) is 1.84. The molecular weight excluding hydrogens is 224 g/mol. The smallest absolute Gasteiger partial charge is 0.358 e. The zero-order valence-corrected chi connectivity index (χ0v) is 9.29. The van der Waals surface area contributed by atoms with Gasteiger partial charge in [-0.25, -0.2) is 0 Å². The molecular formula is C10H12N4O3. The molecule has 0 aliphatic heterocycles. The predicted molar refractivity (Wildman–Crippen MR) is 62.1 cm³/mol. The van der Waals surface area contributed by atoms with E-state index in [4.69, 9.17) is 0 Å². The van der Waals surface area contributed by atoms with Crippen LogP contribution in [0.2, 0.25) is 0 Å². The summed E-state index contributed by atoms with van der Waals surface area (Å²) >= 11 is 0. The molecule has 1 rings (SSSR count). The van der Waals surface area contributed by atoms with Crippen LogP contribution in [0.5, 0.6) is 0 Å². The third-order valence-corrected chi connectivity index (χ3v) is 1.84. The van der Waals surface area contributed by atoms with Gasteiger partial charge in [-0.2, -0.15) is 4.68 Å². The summed E-state index contributed by atoms with van der Waals surface area (Å²) in [5.41, 5.74) is 0.284. The number of nitrogens with zero attached hydrogens (tertiary/aromatic N) is 3. The lowest BCUT2D eigenvalue weighted by Gasteiger charge is -1.94. The summed E-state index contributed by atoms with van der Waals surface area (Å²) in [7, 11) is 1.57. The van der Waals surface area contributed by atoms with E-state index >= 15 is 0 Å². The first-order valence-electron chi connectivity index (χ1n) is 4.79. The third kappa shape index (κ3) is 3.56. The minimum atomic E-state index is -0.596. The molecule has 0 aromatic carbocycles. The van der Waals surface area contributed by atoms with E-state index in [1.165, 1.54) is 29.1 Å². The normalized spacial score (nSPS) is 10.4. The Labute approximate surface area is 97.6 Å². The highest BCUT2D eigenvalue weighted by atomic mass is 16.6. The molecule has 1 aromatic rings. The van der Waals surface area contributed by atoms with Crippen molar-refractivity contribution in [1.29, 1.82) is 0 Å². The van der Waals surface area contributed by atoms with Gasteiger partial charge in [-0.3, -0.25) is 4.79 Å². The topological polar surface area (TPSA) is 90.1 Å². The van der Waals surface area contributed by atoms with Crippen LogP contribution in [-0.2, 0) is 11.8 Å². The van der Waals surface area contributed by atoms with Crippen molar-refractivity contribution in [2.24, 2.45) is 7.05 Å². The van der Waals surface area contributed by atoms with Gasteiger partial charge in [-0.1, -0.05) is 6.08 Å². The van der Waals surface area contributed by atoms with Crippen LogP contribution in [0, 0.1) is 10.1 Å².